The number of hydrogen-bond donors (Lipinski definition) is 3. The molecule has 11 heavy (non-hydrogen) atoms. The van der Waals surface area contributed by atoms with Gasteiger partial charge in [-0.3, -0.25) is 4.79 Å². The quantitative estimate of drug-likeness (QED) is 0.457. The fourth-order valence-electron chi connectivity index (χ4n) is 1.02. The predicted octanol–water partition coefficient (Wildman–Crippen LogP) is -1.13. The minimum atomic E-state index is -0.0936. The van der Waals surface area contributed by atoms with Crippen LogP contribution < -0.4 is 10.8 Å². The van der Waals surface area contributed by atoms with E-state index >= 15 is 0 Å². The molecule has 0 aromatic rings. The van der Waals surface area contributed by atoms with Crippen LogP contribution in [0.5, 0.6) is 0 Å². The van der Waals surface area contributed by atoms with Gasteiger partial charge in [-0.25, -0.2) is 5.48 Å². The second-order valence-electron chi connectivity index (χ2n) is 2.54. The summed E-state index contributed by atoms with van der Waals surface area (Å²) >= 11 is 0. The van der Waals surface area contributed by atoms with Gasteiger partial charge in [-0.2, -0.15) is 0 Å². The number of nitrogens with one attached hydrogen (secondary N) is 2. The van der Waals surface area contributed by atoms with E-state index in [0.29, 0.717) is 13.2 Å². The summed E-state index contributed by atoms with van der Waals surface area (Å²) in [5.74, 6) is -0.0683. The number of carbonyl (C=O) groups excluding carboxylic acids is 1. The summed E-state index contributed by atoms with van der Waals surface area (Å²) in [6.45, 7) is 2.35. The molecule has 2 atom stereocenters. The molecule has 1 heterocycles. The number of hydroxylamine groups is 1. The molecule has 0 aromatic heterocycles. The zero-order chi connectivity index (χ0) is 8.27. The van der Waals surface area contributed by atoms with E-state index in [4.69, 9.17) is 9.94 Å². The first-order chi connectivity index (χ1) is 5.24. The topological polar surface area (TPSA) is 70.6 Å². The summed E-state index contributed by atoms with van der Waals surface area (Å²) in [4.78, 5) is 10.5. The van der Waals surface area contributed by atoms with Crippen LogP contribution in [0.4, 0.5) is 0 Å². The van der Waals surface area contributed by atoms with Gasteiger partial charge in [0.25, 0.3) is 0 Å². The molecule has 0 bridgehead atoms. The Balaban J connectivity index is 2.20. The van der Waals surface area contributed by atoms with Crippen molar-refractivity contribution in [2.75, 3.05) is 13.2 Å². The predicted molar refractivity (Wildman–Crippen MR) is 37.1 cm³/mol. The van der Waals surface area contributed by atoms with Gasteiger partial charge in [0.15, 0.2) is 0 Å². The standard InChI is InChI=1S/C6H12N2O3/c1-4(9)8-5-3-11-6(5)2-7-10/h5-7,10H,2-3H2,1H3,(H,8,9). The highest BCUT2D eigenvalue weighted by Crippen LogP contribution is 2.10. The molecular weight excluding hydrogens is 148 g/mol. The lowest BCUT2D eigenvalue weighted by Crippen LogP contribution is -2.58. The van der Waals surface area contributed by atoms with Crippen LogP contribution in [-0.4, -0.2) is 36.4 Å². The lowest BCUT2D eigenvalue weighted by Gasteiger charge is -2.36. The van der Waals surface area contributed by atoms with Gasteiger partial charge in [0, 0.05) is 13.5 Å². The monoisotopic (exact) mass is 160 g/mol. The van der Waals surface area contributed by atoms with E-state index in [1.807, 2.05) is 5.48 Å². The average Bonchev–Trinajstić information content (AvgIpc) is 1.93. The van der Waals surface area contributed by atoms with Gasteiger partial charge in [-0.05, 0) is 0 Å². The molecule has 5 nitrogen and oxygen atoms in total. The van der Waals surface area contributed by atoms with Gasteiger partial charge in [-0.15, -0.1) is 0 Å². The third-order valence-corrected chi connectivity index (χ3v) is 1.62. The van der Waals surface area contributed by atoms with Gasteiger partial charge >= 0.3 is 0 Å². The maximum atomic E-state index is 10.5. The van der Waals surface area contributed by atoms with E-state index in [9.17, 15) is 4.79 Å². The first-order valence-corrected chi connectivity index (χ1v) is 3.49. The summed E-state index contributed by atoms with van der Waals surface area (Å²) in [6, 6.07) is 0.0483. The van der Waals surface area contributed by atoms with E-state index in [2.05, 4.69) is 5.32 Å². The van der Waals surface area contributed by atoms with Crippen molar-refractivity contribution in [2.24, 2.45) is 0 Å². The summed E-state index contributed by atoms with van der Waals surface area (Å²) in [5, 5.41) is 11.0. The van der Waals surface area contributed by atoms with E-state index in [-0.39, 0.29) is 18.1 Å². The Labute approximate surface area is 64.7 Å². The minimum Gasteiger partial charge on any atom is -0.372 e. The Hall–Kier alpha value is -0.650. The molecule has 0 aliphatic carbocycles. The molecule has 0 saturated carbocycles. The second-order valence-corrected chi connectivity index (χ2v) is 2.54. The van der Waals surface area contributed by atoms with E-state index in [0.717, 1.165) is 0 Å². The molecule has 2 unspecified atom stereocenters. The summed E-state index contributed by atoms with van der Waals surface area (Å²) in [6.07, 6.45) is -0.0936. The van der Waals surface area contributed by atoms with Gasteiger partial charge in [0.2, 0.25) is 5.91 Å². The fourth-order valence-corrected chi connectivity index (χ4v) is 1.02. The van der Waals surface area contributed by atoms with Crippen molar-refractivity contribution in [1.29, 1.82) is 0 Å². The zero-order valence-corrected chi connectivity index (χ0v) is 6.33. The van der Waals surface area contributed by atoms with Crippen LogP contribution in [0.3, 0.4) is 0 Å². The van der Waals surface area contributed by atoms with E-state index in [1.54, 1.807) is 0 Å². The fraction of sp³-hybridized carbons (Fsp3) is 0.833. The van der Waals surface area contributed by atoms with Crippen LogP contribution in [0.25, 0.3) is 0 Å². The van der Waals surface area contributed by atoms with Crippen molar-refractivity contribution in [3.8, 4) is 0 Å². The Morgan fingerprint density at radius 1 is 1.82 bits per heavy atom. The van der Waals surface area contributed by atoms with E-state index < -0.39 is 0 Å². The molecule has 5 heteroatoms. The highest BCUT2D eigenvalue weighted by Gasteiger charge is 2.31. The molecule has 0 spiro atoms. The second kappa shape index (κ2) is 3.66. The minimum absolute atomic E-state index is 0.0483. The maximum Gasteiger partial charge on any atom is 0.217 e. The van der Waals surface area contributed by atoms with Crippen molar-refractivity contribution < 1.29 is 14.7 Å². The molecule has 3 N–H and O–H groups in total. The summed E-state index contributed by atoms with van der Waals surface area (Å²) in [5.41, 5.74) is 2.00. The molecule has 0 radical (unpaired) electrons. The number of carbonyl (C=O) groups is 1. The van der Waals surface area contributed by atoms with Gasteiger partial charge in [0.05, 0.1) is 18.8 Å². The van der Waals surface area contributed by atoms with E-state index in [1.165, 1.54) is 6.92 Å². The van der Waals surface area contributed by atoms with Crippen LogP contribution in [0.1, 0.15) is 6.92 Å². The average molecular weight is 160 g/mol. The Morgan fingerprint density at radius 3 is 2.91 bits per heavy atom. The van der Waals surface area contributed by atoms with Crippen LogP contribution in [0, 0.1) is 0 Å². The van der Waals surface area contributed by atoms with Crippen LogP contribution in [0.2, 0.25) is 0 Å². The van der Waals surface area contributed by atoms with Gasteiger partial charge < -0.3 is 15.3 Å². The SMILES string of the molecule is CC(=O)NC1COC1CNO. The molecule has 1 aliphatic rings. The first-order valence-electron chi connectivity index (χ1n) is 3.49. The number of amides is 1. The lowest BCUT2D eigenvalue weighted by atomic mass is 10.1. The first kappa shape index (κ1) is 8.45. The Bertz CT molecular complexity index is 151. The maximum absolute atomic E-state index is 10.5. The molecule has 1 aliphatic heterocycles. The smallest absolute Gasteiger partial charge is 0.217 e. The van der Waals surface area contributed by atoms with Crippen molar-refractivity contribution in [3.63, 3.8) is 0 Å². The molecule has 1 fully saturated rings. The lowest BCUT2D eigenvalue weighted by molar-refractivity contribution is -0.131. The van der Waals surface area contributed by atoms with Crippen molar-refractivity contribution in [3.05, 3.63) is 0 Å². The van der Waals surface area contributed by atoms with Gasteiger partial charge in [0.1, 0.15) is 0 Å². The summed E-state index contributed by atoms with van der Waals surface area (Å²) < 4.78 is 5.05. The number of rotatable bonds is 3. The number of ether oxygens (including phenoxy) is 1. The van der Waals surface area contributed by atoms with Gasteiger partial charge in [-0.1, -0.05) is 0 Å². The molecule has 1 rings (SSSR count). The Kier molecular flexibility index (Phi) is 2.81. The number of hydrogen-bond acceptors (Lipinski definition) is 4. The zero-order valence-electron chi connectivity index (χ0n) is 6.33. The third-order valence-electron chi connectivity index (χ3n) is 1.62. The van der Waals surface area contributed by atoms with Crippen LogP contribution in [-0.2, 0) is 9.53 Å². The van der Waals surface area contributed by atoms with Crippen molar-refractivity contribution in [2.45, 2.75) is 19.1 Å². The Morgan fingerprint density at radius 2 is 2.55 bits per heavy atom. The highest BCUT2D eigenvalue weighted by atomic mass is 16.5. The van der Waals surface area contributed by atoms with Crippen LogP contribution >= 0.6 is 0 Å². The molecule has 1 amide bonds. The molecule has 1 saturated heterocycles. The molecule has 64 valence electrons. The van der Waals surface area contributed by atoms with Crippen molar-refractivity contribution in [1.82, 2.24) is 10.8 Å². The van der Waals surface area contributed by atoms with Crippen LogP contribution in [0.15, 0.2) is 0 Å². The third kappa shape index (κ3) is 2.14. The summed E-state index contributed by atoms with van der Waals surface area (Å²) in [7, 11) is 0. The normalized spacial score (nSPS) is 29.3. The molecular formula is C6H12N2O3. The molecule has 0 aromatic carbocycles. The highest BCUT2D eigenvalue weighted by molar-refractivity contribution is 5.73. The largest absolute Gasteiger partial charge is 0.372 e. The van der Waals surface area contributed by atoms with Crippen molar-refractivity contribution >= 4 is 5.91 Å².